The Kier molecular flexibility index (Phi) is 4.44. The van der Waals surface area contributed by atoms with Gasteiger partial charge in [0.15, 0.2) is 0 Å². The predicted molar refractivity (Wildman–Crippen MR) is 73.3 cm³/mol. The molecule has 1 atom stereocenters. The molecule has 1 aromatic rings. The van der Waals surface area contributed by atoms with Crippen LogP contribution in [0.15, 0.2) is 4.90 Å². The van der Waals surface area contributed by atoms with Crippen LogP contribution in [-0.4, -0.2) is 36.0 Å². The molecule has 0 amide bonds. The van der Waals surface area contributed by atoms with Crippen molar-refractivity contribution in [3.63, 3.8) is 0 Å². The third-order valence-electron chi connectivity index (χ3n) is 3.18. The Balaban J connectivity index is 2.94. The molecule has 6 nitrogen and oxygen atoms in total. The van der Waals surface area contributed by atoms with E-state index in [1.165, 1.54) is 4.68 Å². The van der Waals surface area contributed by atoms with Gasteiger partial charge in [0.1, 0.15) is 4.90 Å². The molecule has 1 unspecified atom stereocenters. The summed E-state index contributed by atoms with van der Waals surface area (Å²) in [6.45, 7) is 8.90. The summed E-state index contributed by atoms with van der Waals surface area (Å²) >= 11 is 0. The van der Waals surface area contributed by atoms with Crippen LogP contribution >= 0.6 is 0 Å². The summed E-state index contributed by atoms with van der Waals surface area (Å²) in [7, 11) is -1.95. The summed E-state index contributed by atoms with van der Waals surface area (Å²) < 4.78 is 28.5. The van der Waals surface area contributed by atoms with Gasteiger partial charge in [0.05, 0.1) is 17.5 Å². The SMILES string of the molecule is Cc1nn(C)c(C)c1S(=O)(=O)NCC(O)C(C)(C)C. The molecule has 0 spiro atoms. The fourth-order valence-corrected chi connectivity index (χ4v) is 3.18. The van der Waals surface area contributed by atoms with E-state index in [0.29, 0.717) is 11.4 Å². The van der Waals surface area contributed by atoms with Crippen molar-refractivity contribution in [3.8, 4) is 0 Å². The van der Waals surface area contributed by atoms with Crippen molar-refractivity contribution in [1.29, 1.82) is 0 Å². The lowest BCUT2D eigenvalue weighted by molar-refractivity contribution is 0.0677. The Morgan fingerprint density at radius 1 is 1.37 bits per heavy atom. The van der Waals surface area contributed by atoms with Crippen LogP contribution < -0.4 is 4.72 Å². The minimum atomic E-state index is -3.65. The lowest BCUT2D eigenvalue weighted by Crippen LogP contribution is -2.39. The average Bonchev–Trinajstić information content (AvgIpc) is 2.48. The molecular formula is C12H23N3O3S. The lowest BCUT2D eigenvalue weighted by atomic mass is 9.89. The second kappa shape index (κ2) is 5.22. The van der Waals surface area contributed by atoms with Gasteiger partial charge in [-0.05, 0) is 19.3 Å². The Morgan fingerprint density at radius 2 is 1.89 bits per heavy atom. The first-order valence-electron chi connectivity index (χ1n) is 6.14. The fourth-order valence-electron chi connectivity index (χ4n) is 1.71. The van der Waals surface area contributed by atoms with E-state index in [0.717, 1.165) is 0 Å². The Morgan fingerprint density at radius 3 is 2.26 bits per heavy atom. The number of aryl methyl sites for hydroxylation is 2. The monoisotopic (exact) mass is 289 g/mol. The summed E-state index contributed by atoms with van der Waals surface area (Å²) in [5, 5.41) is 14.0. The van der Waals surface area contributed by atoms with Crippen molar-refractivity contribution in [2.24, 2.45) is 12.5 Å². The van der Waals surface area contributed by atoms with E-state index in [2.05, 4.69) is 9.82 Å². The van der Waals surface area contributed by atoms with Gasteiger partial charge in [-0.3, -0.25) is 4.68 Å². The second-order valence-corrected chi connectivity index (χ2v) is 7.56. The number of sulfonamides is 1. The first-order valence-corrected chi connectivity index (χ1v) is 7.63. The molecule has 0 bridgehead atoms. The molecule has 0 aliphatic carbocycles. The number of hydrogen-bond donors (Lipinski definition) is 2. The van der Waals surface area contributed by atoms with Crippen LogP contribution in [0.3, 0.4) is 0 Å². The standard InChI is InChI=1S/C12H23N3O3S/c1-8-11(9(2)15(6)14-8)19(17,18)13-7-10(16)12(3,4)5/h10,13,16H,7H2,1-6H3. The summed E-state index contributed by atoms with van der Waals surface area (Å²) in [6, 6.07) is 0. The van der Waals surface area contributed by atoms with Crippen molar-refractivity contribution in [3.05, 3.63) is 11.4 Å². The molecule has 1 aromatic heterocycles. The van der Waals surface area contributed by atoms with Gasteiger partial charge < -0.3 is 5.11 Å². The molecule has 2 N–H and O–H groups in total. The molecule has 1 heterocycles. The molecule has 0 aromatic carbocycles. The maximum Gasteiger partial charge on any atom is 0.244 e. The van der Waals surface area contributed by atoms with E-state index in [9.17, 15) is 13.5 Å². The Bertz CT molecular complexity index is 556. The molecule has 0 radical (unpaired) electrons. The molecule has 19 heavy (non-hydrogen) atoms. The molecule has 1 rings (SSSR count). The van der Waals surface area contributed by atoms with Crippen molar-refractivity contribution in [2.75, 3.05) is 6.54 Å². The number of rotatable bonds is 4. The quantitative estimate of drug-likeness (QED) is 0.855. The van der Waals surface area contributed by atoms with Gasteiger partial charge in [0.2, 0.25) is 10.0 Å². The minimum absolute atomic E-state index is 0.0143. The van der Waals surface area contributed by atoms with Gasteiger partial charge in [0.25, 0.3) is 0 Å². The first kappa shape index (κ1) is 16.1. The third kappa shape index (κ3) is 3.55. The van der Waals surface area contributed by atoms with Crippen molar-refractivity contribution < 1.29 is 13.5 Å². The smallest absolute Gasteiger partial charge is 0.244 e. The minimum Gasteiger partial charge on any atom is -0.391 e. The van der Waals surface area contributed by atoms with E-state index in [4.69, 9.17) is 0 Å². The second-order valence-electron chi connectivity index (χ2n) is 5.86. The fraction of sp³-hybridized carbons (Fsp3) is 0.750. The zero-order valence-electron chi connectivity index (χ0n) is 12.4. The van der Waals surface area contributed by atoms with E-state index < -0.39 is 16.1 Å². The summed E-state index contributed by atoms with van der Waals surface area (Å²) in [4.78, 5) is 0.191. The van der Waals surface area contributed by atoms with Crippen LogP contribution in [-0.2, 0) is 17.1 Å². The van der Waals surface area contributed by atoms with Crippen molar-refractivity contribution >= 4 is 10.0 Å². The summed E-state index contributed by atoms with van der Waals surface area (Å²) in [5.74, 6) is 0. The van der Waals surface area contributed by atoms with Gasteiger partial charge in [-0.25, -0.2) is 13.1 Å². The zero-order valence-corrected chi connectivity index (χ0v) is 13.2. The van der Waals surface area contributed by atoms with Crippen molar-refractivity contribution in [1.82, 2.24) is 14.5 Å². The maximum atomic E-state index is 12.2. The van der Waals surface area contributed by atoms with Crippen LogP contribution in [0.5, 0.6) is 0 Å². The van der Waals surface area contributed by atoms with Gasteiger partial charge in [0, 0.05) is 13.6 Å². The number of aliphatic hydroxyl groups excluding tert-OH is 1. The van der Waals surface area contributed by atoms with Gasteiger partial charge >= 0.3 is 0 Å². The molecular weight excluding hydrogens is 266 g/mol. The highest BCUT2D eigenvalue weighted by Gasteiger charge is 2.27. The number of nitrogens with one attached hydrogen (secondary N) is 1. The first-order chi connectivity index (χ1) is 8.47. The van der Waals surface area contributed by atoms with Crippen LogP contribution in [0, 0.1) is 19.3 Å². The lowest BCUT2D eigenvalue weighted by Gasteiger charge is -2.25. The Labute approximate surface area is 114 Å². The number of hydrogen-bond acceptors (Lipinski definition) is 4. The maximum absolute atomic E-state index is 12.2. The Hall–Kier alpha value is -0.920. The van der Waals surface area contributed by atoms with Crippen molar-refractivity contribution in [2.45, 2.75) is 45.6 Å². The van der Waals surface area contributed by atoms with E-state index in [1.54, 1.807) is 20.9 Å². The summed E-state index contributed by atoms with van der Waals surface area (Å²) in [6.07, 6.45) is -0.750. The van der Waals surface area contributed by atoms with Gasteiger partial charge in [-0.1, -0.05) is 20.8 Å². The van der Waals surface area contributed by atoms with E-state index in [-0.39, 0.29) is 16.9 Å². The molecule has 110 valence electrons. The number of aromatic nitrogens is 2. The highest BCUT2D eigenvalue weighted by Crippen LogP contribution is 2.21. The van der Waals surface area contributed by atoms with Gasteiger partial charge in [-0.15, -0.1) is 0 Å². The van der Waals surface area contributed by atoms with Crippen LogP contribution in [0.4, 0.5) is 0 Å². The third-order valence-corrected chi connectivity index (χ3v) is 4.85. The topological polar surface area (TPSA) is 84.2 Å². The van der Waals surface area contributed by atoms with Crippen LogP contribution in [0.25, 0.3) is 0 Å². The van der Waals surface area contributed by atoms with E-state index in [1.807, 2.05) is 20.8 Å². The van der Waals surface area contributed by atoms with Crippen LogP contribution in [0.1, 0.15) is 32.2 Å². The molecule has 7 heteroatoms. The normalized spacial score (nSPS) is 14.7. The highest BCUT2D eigenvalue weighted by molar-refractivity contribution is 7.89. The molecule has 0 saturated carbocycles. The summed E-state index contributed by atoms with van der Waals surface area (Å²) in [5.41, 5.74) is 0.662. The molecule has 0 aliphatic heterocycles. The van der Waals surface area contributed by atoms with Crippen LogP contribution in [0.2, 0.25) is 0 Å². The zero-order chi connectivity index (χ0) is 15.0. The molecule has 0 fully saturated rings. The van der Waals surface area contributed by atoms with Gasteiger partial charge in [-0.2, -0.15) is 5.10 Å². The average molecular weight is 289 g/mol. The highest BCUT2D eigenvalue weighted by atomic mass is 32.2. The molecule has 0 aliphatic rings. The number of nitrogens with zero attached hydrogens (tertiary/aromatic N) is 2. The predicted octanol–water partition coefficient (Wildman–Crippen LogP) is 0.722. The number of aliphatic hydroxyl groups is 1. The van der Waals surface area contributed by atoms with E-state index >= 15 is 0 Å². The largest absolute Gasteiger partial charge is 0.391 e. The molecule has 0 saturated heterocycles.